The predicted octanol–water partition coefficient (Wildman–Crippen LogP) is 3.62. The lowest BCUT2D eigenvalue weighted by Gasteiger charge is -2.24. The summed E-state index contributed by atoms with van der Waals surface area (Å²) >= 11 is 0. The van der Waals surface area contributed by atoms with Gasteiger partial charge in [0.1, 0.15) is 0 Å². The van der Waals surface area contributed by atoms with Crippen molar-refractivity contribution in [3.63, 3.8) is 0 Å². The monoisotopic (exact) mass is 277 g/mol. The molecule has 0 saturated heterocycles. The third kappa shape index (κ3) is 5.91. The first-order chi connectivity index (χ1) is 9.40. The van der Waals surface area contributed by atoms with Crippen LogP contribution in [0.3, 0.4) is 0 Å². The second kappa shape index (κ2) is 8.25. The zero-order valence-corrected chi connectivity index (χ0v) is 14.0. The molecule has 1 aromatic heterocycles. The van der Waals surface area contributed by atoms with Crippen LogP contribution in [0.1, 0.15) is 45.4 Å². The molecule has 0 aliphatic carbocycles. The summed E-state index contributed by atoms with van der Waals surface area (Å²) in [5, 5.41) is 3.51. The van der Waals surface area contributed by atoms with Gasteiger partial charge in [-0.05, 0) is 37.8 Å². The van der Waals surface area contributed by atoms with Crippen molar-refractivity contribution in [2.75, 3.05) is 25.0 Å². The van der Waals surface area contributed by atoms with E-state index in [0.29, 0.717) is 5.92 Å². The Morgan fingerprint density at radius 1 is 1.20 bits per heavy atom. The van der Waals surface area contributed by atoms with Gasteiger partial charge in [-0.3, -0.25) is 4.98 Å². The molecule has 20 heavy (non-hydrogen) atoms. The van der Waals surface area contributed by atoms with Crippen molar-refractivity contribution in [2.45, 2.75) is 47.6 Å². The molecule has 1 aromatic rings. The van der Waals surface area contributed by atoms with Crippen LogP contribution in [0.2, 0.25) is 0 Å². The van der Waals surface area contributed by atoms with Crippen LogP contribution >= 0.6 is 0 Å². The predicted molar refractivity (Wildman–Crippen MR) is 88.2 cm³/mol. The SMILES string of the molecule is Cc1cc(N(C)CCC(C)C)c(CNCC(C)C)cn1. The molecule has 0 spiro atoms. The first kappa shape index (κ1) is 17.0. The quantitative estimate of drug-likeness (QED) is 0.786. The Hall–Kier alpha value is -1.09. The maximum absolute atomic E-state index is 4.45. The Morgan fingerprint density at radius 2 is 1.90 bits per heavy atom. The maximum atomic E-state index is 4.45. The number of nitrogens with one attached hydrogen (secondary N) is 1. The number of aryl methyl sites for hydroxylation is 1. The van der Waals surface area contributed by atoms with Crippen molar-refractivity contribution in [2.24, 2.45) is 11.8 Å². The van der Waals surface area contributed by atoms with Gasteiger partial charge in [0.05, 0.1) is 0 Å². The summed E-state index contributed by atoms with van der Waals surface area (Å²) in [6, 6.07) is 2.20. The van der Waals surface area contributed by atoms with Crippen LogP contribution in [0.5, 0.6) is 0 Å². The van der Waals surface area contributed by atoms with Gasteiger partial charge in [-0.2, -0.15) is 0 Å². The topological polar surface area (TPSA) is 28.2 Å². The summed E-state index contributed by atoms with van der Waals surface area (Å²) in [7, 11) is 2.18. The second-order valence-electron chi connectivity index (χ2n) is 6.58. The lowest BCUT2D eigenvalue weighted by atomic mass is 10.1. The molecular formula is C17H31N3. The van der Waals surface area contributed by atoms with Gasteiger partial charge >= 0.3 is 0 Å². The zero-order chi connectivity index (χ0) is 15.1. The van der Waals surface area contributed by atoms with Gasteiger partial charge in [-0.15, -0.1) is 0 Å². The van der Waals surface area contributed by atoms with Crippen LogP contribution in [0.15, 0.2) is 12.3 Å². The molecule has 1 rings (SSSR count). The first-order valence-electron chi connectivity index (χ1n) is 7.77. The third-order valence-electron chi connectivity index (χ3n) is 3.42. The molecule has 0 amide bonds. The van der Waals surface area contributed by atoms with Crippen molar-refractivity contribution in [3.05, 3.63) is 23.5 Å². The Kier molecular flexibility index (Phi) is 7.00. The summed E-state index contributed by atoms with van der Waals surface area (Å²) in [5.74, 6) is 1.42. The number of anilines is 1. The van der Waals surface area contributed by atoms with Gasteiger partial charge in [0.2, 0.25) is 0 Å². The van der Waals surface area contributed by atoms with Crippen LogP contribution in [-0.2, 0) is 6.54 Å². The molecule has 3 nitrogen and oxygen atoms in total. The molecule has 0 bridgehead atoms. The van der Waals surface area contributed by atoms with Crippen LogP contribution in [-0.4, -0.2) is 25.1 Å². The van der Waals surface area contributed by atoms with Crippen molar-refractivity contribution in [3.8, 4) is 0 Å². The smallest absolute Gasteiger partial charge is 0.0442 e. The minimum atomic E-state index is 0.676. The Morgan fingerprint density at radius 3 is 2.50 bits per heavy atom. The highest BCUT2D eigenvalue weighted by molar-refractivity contribution is 5.53. The van der Waals surface area contributed by atoms with E-state index in [1.165, 1.54) is 17.7 Å². The fourth-order valence-corrected chi connectivity index (χ4v) is 2.13. The molecule has 0 radical (unpaired) electrons. The molecule has 0 saturated carbocycles. The van der Waals surface area contributed by atoms with Gasteiger partial charge in [0, 0.05) is 43.3 Å². The van der Waals surface area contributed by atoms with Gasteiger partial charge in [-0.25, -0.2) is 0 Å². The minimum Gasteiger partial charge on any atom is -0.374 e. The molecule has 114 valence electrons. The Balaban J connectivity index is 2.73. The van der Waals surface area contributed by atoms with Crippen molar-refractivity contribution < 1.29 is 0 Å². The molecule has 0 aliphatic heterocycles. The van der Waals surface area contributed by atoms with E-state index in [0.717, 1.165) is 31.2 Å². The minimum absolute atomic E-state index is 0.676. The number of aromatic nitrogens is 1. The average molecular weight is 277 g/mol. The summed E-state index contributed by atoms with van der Waals surface area (Å²) in [5.41, 5.74) is 3.70. The molecule has 0 aromatic carbocycles. The van der Waals surface area contributed by atoms with E-state index in [9.17, 15) is 0 Å². The zero-order valence-electron chi connectivity index (χ0n) is 14.0. The number of nitrogens with zero attached hydrogens (tertiary/aromatic N) is 2. The number of pyridine rings is 1. The molecule has 0 aliphatic rings. The van der Waals surface area contributed by atoms with Crippen molar-refractivity contribution in [1.82, 2.24) is 10.3 Å². The van der Waals surface area contributed by atoms with Gasteiger partial charge in [0.25, 0.3) is 0 Å². The highest BCUT2D eigenvalue weighted by Crippen LogP contribution is 2.20. The van der Waals surface area contributed by atoms with E-state index in [4.69, 9.17) is 0 Å². The number of rotatable bonds is 8. The molecule has 3 heteroatoms. The molecule has 0 atom stereocenters. The Bertz CT molecular complexity index is 399. The molecule has 1 N–H and O–H groups in total. The first-order valence-corrected chi connectivity index (χ1v) is 7.77. The standard InChI is InChI=1S/C17H31N3/c1-13(2)7-8-20(6)17-9-15(5)19-12-16(17)11-18-10-14(3)4/h9,12-14,18H,7-8,10-11H2,1-6H3. The normalized spacial score (nSPS) is 11.4. The highest BCUT2D eigenvalue weighted by Gasteiger charge is 2.09. The second-order valence-corrected chi connectivity index (χ2v) is 6.58. The van der Waals surface area contributed by atoms with Crippen molar-refractivity contribution in [1.29, 1.82) is 0 Å². The number of hydrogen-bond acceptors (Lipinski definition) is 3. The van der Waals surface area contributed by atoms with E-state index in [1.807, 2.05) is 6.20 Å². The van der Waals surface area contributed by atoms with Gasteiger partial charge < -0.3 is 10.2 Å². The maximum Gasteiger partial charge on any atom is 0.0442 e. The average Bonchev–Trinajstić information content (AvgIpc) is 2.37. The van der Waals surface area contributed by atoms with E-state index in [2.05, 4.69) is 62.9 Å². The van der Waals surface area contributed by atoms with Gasteiger partial charge in [0.15, 0.2) is 0 Å². The summed E-state index contributed by atoms with van der Waals surface area (Å²) < 4.78 is 0. The number of hydrogen-bond donors (Lipinski definition) is 1. The van der Waals surface area contributed by atoms with Crippen molar-refractivity contribution >= 4 is 5.69 Å². The van der Waals surface area contributed by atoms with E-state index >= 15 is 0 Å². The fraction of sp³-hybridized carbons (Fsp3) is 0.706. The largest absolute Gasteiger partial charge is 0.374 e. The van der Waals surface area contributed by atoms with Crippen LogP contribution in [0.4, 0.5) is 5.69 Å². The van der Waals surface area contributed by atoms with Crippen LogP contribution < -0.4 is 10.2 Å². The highest BCUT2D eigenvalue weighted by atomic mass is 15.1. The third-order valence-corrected chi connectivity index (χ3v) is 3.42. The lowest BCUT2D eigenvalue weighted by molar-refractivity contribution is 0.550. The van der Waals surface area contributed by atoms with E-state index in [-0.39, 0.29) is 0 Å². The van der Waals surface area contributed by atoms with Crippen LogP contribution in [0.25, 0.3) is 0 Å². The molecule has 0 unspecified atom stereocenters. The van der Waals surface area contributed by atoms with E-state index in [1.54, 1.807) is 0 Å². The summed E-state index contributed by atoms with van der Waals surface area (Å²) in [6.07, 6.45) is 3.24. The molecule has 0 fully saturated rings. The molecular weight excluding hydrogens is 246 g/mol. The molecule has 1 heterocycles. The van der Waals surface area contributed by atoms with Gasteiger partial charge in [-0.1, -0.05) is 27.7 Å². The van der Waals surface area contributed by atoms with E-state index < -0.39 is 0 Å². The summed E-state index contributed by atoms with van der Waals surface area (Å²) in [6.45, 7) is 14.1. The lowest BCUT2D eigenvalue weighted by Crippen LogP contribution is -2.24. The fourth-order valence-electron chi connectivity index (χ4n) is 2.13. The Labute approximate surface area is 124 Å². The van der Waals surface area contributed by atoms with Crippen LogP contribution in [0, 0.1) is 18.8 Å². The summed E-state index contributed by atoms with van der Waals surface area (Å²) in [4.78, 5) is 6.81.